The van der Waals surface area contributed by atoms with Gasteiger partial charge < -0.3 is 14.2 Å². The van der Waals surface area contributed by atoms with Gasteiger partial charge >= 0.3 is 0 Å². The van der Waals surface area contributed by atoms with Crippen LogP contribution >= 0.6 is 11.6 Å². The first-order valence-corrected chi connectivity index (χ1v) is 10.8. The summed E-state index contributed by atoms with van der Waals surface area (Å²) in [4.78, 5) is 30.8. The molecule has 5 nitrogen and oxygen atoms in total. The van der Waals surface area contributed by atoms with Crippen molar-refractivity contribution in [1.29, 1.82) is 0 Å². The second-order valence-corrected chi connectivity index (χ2v) is 7.94. The van der Waals surface area contributed by atoms with Crippen LogP contribution in [0.5, 0.6) is 0 Å². The highest BCUT2D eigenvalue weighted by atomic mass is 35.5. The molecule has 4 rings (SSSR count). The maximum Gasteiger partial charge on any atom is 0.290 e. The smallest absolute Gasteiger partial charge is 0.290 e. The molecule has 0 saturated carbocycles. The van der Waals surface area contributed by atoms with Crippen molar-refractivity contribution in [2.24, 2.45) is 0 Å². The Balaban J connectivity index is 1.78. The molecular weight excluding hydrogens is 400 g/mol. The minimum Gasteiger partial charge on any atom is -0.450 e. The number of hydrogen-bond acceptors (Lipinski definition) is 4. The minimum atomic E-state index is -0.470. The van der Waals surface area contributed by atoms with Crippen LogP contribution in [0.2, 0.25) is 5.02 Å². The van der Waals surface area contributed by atoms with Crippen molar-refractivity contribution in [2.45, 2.75) is 26.3 Å². The van der Waals surface area contributed by atoms with Crippen molar-refractivity contribution in [1.82, 2.24) is 9.80 Å². The van der Waals surface area contributed by atoms with E-state index >= 15 is 0 Å². The number of halogens is 1. The summed E-state index contributed by atoms with van der Waals surface area (Å²) in [5.74, 6) is -0.0751. The predicted octanol–water partition coefficient (Wildman–Crippen LogP) is 4.72. The molecular formula is C24H25ClN2O3. The van der Waals surface area contributed by atoms with E-state index in [0.29, 0.717) is 28.1 Å². The number of rotatable bonds is 7. The molecule has 1 aromatic heterocycles. The van der Waals surface area contributed by atoms with Gasteiger partial charge in [-0.2, -0.15) is 0 Å². The van der Waals surface area contributed by atoms with Crippen molar-refractivity contribution in [3.63, 3.8) is 0 Å². The van der Waals surface area contributed by atoms with Crippen LogP contribution in [-0.4, -0.2) is 41.9 Å². The molecule has 6 heteroatoms. The van der Waals surface area contributed by atoms with Gasteiger partial charge in [0.1, 0.15) is 5.58 Å². The van der Waals surface area contributed by atoms with Crippen LogP contribution in [-0.2, 0) is 0 Å². The average molecular weight is 425 g/mol. The summed E-state index contributed by atoms with van der Waals surface area (Å²) in [7, 11) is 0. The summed E-state index contributed by atoms with van der Waals surface area (Å²) in [6.07, 6.45) is 0.819. The zero-order chi connectivity index (χ0) is 21.3. The van der Waals surface area contributed by atoms with Gasteiger partial charge in [-0.3, -0.25) is 9.59 Å². The summed E-state index contributed by atoms with van der Waals surface area (Å²) < 4.78 is 5.95. The Kier molecular flexibility index (Phi) is 5.93. The Labute approximate surface area is 180 Å². The van der Waals surface area contributed by atoms with Gasteiger partial charge in [-0.1, -0.05) is 49.7 Å². The first kappa shape index (κ1) is 20.6. The molecule has 1 aliphatic heterocycles. The number of amides is 1. The van der Waals surface area contributed by atoms with E-state index in [1.165, 1.54) is 0 Å². The van der Waals surface area contributed by atoms with E-state index in [0.717, 1.165) is 31.6 Å². The maximum absolute atomic E-state index is 13.4. The molecule has 1 aliphatic rings. The Morgan fingerprint density at radius 1 is 1.03 bits per heavy atom. The molecule has 30 heavy (non-hydrogen) atoms. The normalized spacial score (nSPS) is 15.9. The van der Waals surface area contributed by atoms with Crippen LogP contribution in [0.15, 0.2) is 57.7 Å². The van der Waals surface area contributed by atoms with Crippen molar-refractivity contribution < 1.29 is 9.21 Å². The highest BCUT2D eigenvalue weighted by molar-refractivity contribution is 6.30. The Morgan fingerprint density at radius 2 is 1.73 bits per heavy atom. The third-order valence-corrected chi connectivity index (χ3v) is 6.08. The predicted molar refractivity (Wildman–Crippen MR) is 119 cm³/mol. The first-order chi connectivity index (χ1) is 14.5. The van der Waals surface area contributed by atoms with E-state index in [1.54, 1.807) is 35.2 Å². The van der Waals surface area contributed by atoms with E-state index in [2.05, 4.69) is 18.7 Å². The van der Waals surface area contributed by atoms with E-state index in [1.807, 2.05) is 18.2 Å². The largest absolute Gasteiger partial charge is 0.450 e. The van der Waals surface area contributed by atoms with Crippen molar-refractivity contribution in [3.05, 3.63) is 80.7 Å². The fourth-order valence-electron chi connectivity index (χ4n) is 4.19. The monoisotopic (exact) mass is 424 g/mol. The lowest BCUT2D eigenvalue weighted by atomic mass is 9.98. The highest BCUT2D eigenvalue weighted by Gasteiger charge is 2.42. The Morgan fingerprint density at radius 3 is 2.43 bits per heavy atom. The average Bonchev–Trinajstić information content (AvgIpc) is 3.04. The Bertz CT molecular complexity index is 1120. The number of para-hydroxylation sites is 1. The molecule has 3 aromatic rings. The minimum absolute atomic E-state index is 0.147. The van der Waals surface area contributed by atoms with Gasteiger partial charge in [0.25, 0.3) is 5.91 Å². The molecule has 0 saturated heterocycles. The van der Waals surface area contributed by atoms with Gasteiger partial charge in [-0.15, -0.1) is 0 Å². The zero-order valence-corrected chi connectivity index (χ0v) is 18.0. The van der Waals surface area contributed by atoms with Gasteiger partial charge in [0.05, 0.1) is 17.0 Å². The van der Waals surface area contributed by atoms with E-state index in [-0.39, 0.29) is 17.1 Å². The molecule has 0 bridgehead atoms. The molecule has 0 N–H and O–H groups in total. The topological polar surface area (TPSA) is 53.8 Å². The van der Waals surface area contributed by atoms with Crippen LogP contribution in [0.3, 0.4) is 0 Å². The molecule has 0 fully saturated rings. The molecule has 2 aromatic carbocycles. The number of nitrogens with zero attached hydrogens (tertiary/aromatic N) is 2. The number of hydrogen-bond donors (Lipinski definition) is 0. The van der Waals surface area contributed by atoms with Gasteiger partial charge in [-0.25, -0.2) is 0 Å². The summed E-state index contributed by atoms with van der Waals surface area (Å²) in [5.41, 5.74) is 1.57. The SMILES string of the molecule is CCN(CC)CCCN1C(=O)c2oc3ccccc3c(=O)c2C1c1ccc(Cl)cc1. The summed E-state index contributed by atoms with van der Waals surface area (Å²) in [5, 5.41) is 1.11. The second kappa shape index (κ2) is 8.62. The van der Waals surface area contributed by atoms with Gasteiger partial charge in [0, 0.05) is 11.6 Å². The lowest BCUT2D eigenvalue weighted by Crippen LogP contribution is -2.33. The van der Waals surface area contributed by atoms with E-state index in [4.69, 9.17) is 16.0 Å². The van der Waals surface area contributed by atoms with Crippen molar-refractivity contribution in [3.8, 4) is 0 Å². The van der Waals surface area contributed by atoms with Crippen LogP contribution in [0.4, 0.5) is 0 Å². The molecule has 1 amide bonds. The summed E-state index contributed by atoms with van der Waals surface area (Å²) in [6.45, 7) is 7.63. The van der Waals surface area contributed by atoms with Crippen LogP contribution in [0.25, 0.3) is 11.0 Å². The fourth-order valence-corrected chi connectivity index (χ4v) is 4.32. The van der Waals surface area contributed by atoms with Crippen LogP contribution in [0.1, 0.15) is 48.0 Å². The van der Waals surface area contributed by atoms with E-state index < -0.39 is 6.04 Å². The van der Waals surface area contributed by atoms with Crippen LogP contribution < -0.4 is 5.43 Å². The van der Waals surface area contributed by atoms with Crippen LogP contribution in [0, 0.1) is 0 Å². The highest BCUT2D eigenvalue weighted by Crippen LogP contribution is 2.38. The maximum atomic E-state index is 13.4. The third kappa shape index (κ3) is 3.64. The molecule has 0 aliphatic carbocycles. The first-order valence-electron chi connectivity index (χ1n) is 10.4. The van der Waals surface area contributed by atoms with Gasteiger partial charge in [0.2, 0.25) is 5.76 Å². The standard InChI is InChI=1S/C24H25ClN2O3/c1-3-26(4-2)14-7-15-27-21(16-10-12-17(25)13-11-16)20-22(28)18-8-5-6-9-19(18)30-23(20)24(27)29/h5-6,8-13,21H,3-4,7,14-15H2,1-2H3. The number of carbonyl (C=O) groups excluding carboxylic acids is 1. The lowest BCUT2D eigenvalue weighted by molar-refractivity contribution is 0.0720. The summed E-state index contributed by atoms with van der Waals surface area (Å²) in [6, 6.07) is 13.9. The quantitative estimate of drug-likeness (QED) is 0.550. The summed E-state index contributed by atoms with van der Waals surface area (Å²) >= 11 is 6.08. The number of benzene rings is 2. The third-order valence-electron chi connectivity index (χ3n) is 5.83. The molecule has 0 spiro atoms. The second-order valence-electron chi connectivity index (χ2n) is 7.50. The van der Waals surface area contributed by atoms with E-state index in [9.17, 15) is 9.59 Å². The molecule has 0 radical (unpaired) electrons. The van der Waals surface area contributed by atoms with Crippen molar-refractivity contribution in [2.75, 3.05) is 26.2 Å². The zero-order valence-electron chi connectivity index (χ0n) is 17.2. The number of fused-ring (bicyclic) bond motifs is 2. The molecule has 1 unspecified atom stereocenters. The molecule has 1 atom stereocenters. The Hall–Kier alpha value is -2.63. The molecule has 2 heterocycles. The van der Waals surface area contributed by atoms with Gasteiger partial charge in [0.15, 0.2) is 5.43 Å². The lowest BCUT2D eigenvalue weighted by Gasteiger charge is -2.26. The fraction of sp³-hybridized carbons (Fsp3) is 0.333. The van der Waals surface area contributed by atoms with Gasteiger partial charge in [-0.05, 0) is 55.9 Å². The molecule has 156 valence electrons. The van der Waals surface area contributed by atoms with Crippen molar-refractivity contribution >= 4 is 28.5 Å². The number of carbonyl (C=O) groups is 1.